The number of fused-ring (bicyclic) bond motifs is 4. The fraction of sp³-hybridized carbons (Fsp3) is 0.450. The number of para-hydroxylation sites is 1. The summed E-state index contributed by atoms with van der Waals surface area (Å²) in [7, 11) is 0. The number of alkyl halides is 3. The normalized spacial score (nSPS) is 24.6. The highest BCUT2D eigenvalue weighted by Crippen LogP contribution is 2.41. The van der Waals surface area contributed by atoms with E-state index in [0.29, 0.717) is 25.2 Å². The van der Waals surface area contributed by atoms with Gasteiger partial charge in [0, 0.05) is 42.9 Å². The van der Waals surface area contributed by atoms with Gasteiger partial charge in [0.2, 0.25) is 0 Å². The second-order valence-electron chi connectivity index (χ2n) is 7.45. The van der Waals surface area contributed by atoms with E-state index in [1.807, 2.05) is 6.07 Å². The van der Waals surface area contributed by atoms with Crippen molar-refractivity contribution >= 4 is 0 Å². The summed E-state index contributed by atoms with van der Waals surface area (Å²) in [5.41, 5.74) is 1.22. The van der Waals surface area contributed by atoms with Gasteiger partial charge in [-0.25, -0.2) is 0 Å². The van der Waals surface area contributed by atoms with E-state index in [1.54, 1.807) is 22.8 Å². The Balaban J connectivity index is 1.60. The van der Waals surface area contributed by atoms with Crippen LogP contribution in [0.2, 0.25) is 0 Å². The van der Waals surface area contributed by atoms with E-state index in [4.69, 9.17) is 0 Å². The highest BCUT2D eigenvalue weighted by molar-refractivity contribution is 5.33. The molecule has 28 heavy (non-hydrogen) atoms. The Kier molecular flexibility index (Phi) is 4.93. The molecule has 3 atom stereocenters. The first-order valence-corrected chi connectivity index (χ1v) is 9.24. The number of aliphatic hydroxyl groups excluding tert-OH is 1. The third-order valence-electron chi connectivity index (χ3n) is 5.65. The van der Waals surface area contributed by atoms with Gasteiger partial charge in [-0.05, 0) is 24.5 Å². The van der Waals surface area contributed by atoms with Crippen molar-refractivity contribution in [2.45, 2.75) is 31.3 Å². The van der Waals surface area contributed by atoms with Crippen molar-refractivity contribution in [2.24, 2.45) is 5.92 Å². The molecule has 0 aliphatic carbocycles. The van der Waals surface area contributed by atoms with Gasteiger partial charge in [0.05, 0.1) is 12.6 Å². The minimum absolute atomic E-state index is 0.0621. The van der Waals surface area contributed by atoms with Crippen LogP contribution in [0.15, 0.2) is 47.3 Å². The molecule has 0 spiro atoms. The summed E-state index contributed by atoms with van der Waals surface area (Å²) in [6.07, 6.45) is -3.89. The van der Waals surface area contributed by atoms with E-state index >= 15 is 0 Å². The minimum atomic E-state index is -4.74. The topological polar surface area (TPSA) is 54.7 Å². The number of aliphatic hydroxyl groups is 1. The Bertz CT molecular complexity index is 912. The van der Waals surface area contributed by atoms with E-state index in [9.17, 15) is 23.1 Å². The Hall–Kier alpha value is -2.32. The Morgan fingerprint density at radius 1 is 1.11 bits per heavy atom. The lowest BCUT2D eigenvalue weighted by Gasteiger charge is -2.46. The zero-order valence-electron chi connectivity index (χ0n) is 15.1. The lowest BCUT2D eigenvalue weighted by atomic mass is 9.78. The molecule has 1 fully saturated rings. The Morgan fingerprint density at radius 3 is 2.64 bits per heavy atom. The number of piperidine rings is 1. The molecule has 0 radical (unpaired) electrons. The highest BCUT2D eigenvalue weighted by Gasteiger charge is 2.40. The number of pyridine rings is 1. The van der Waals surface area contributed by atoms with E-state index in [0.717, 1.165) is 12.1 Å². The van der Waals surface area contributed by atoms with E-state index in [2.05, 4.69) is 9.64 Å². The number of nitrogens with zero attached hydrogens (tertiary/aromatic N) is 2. The van der Waals surface area contributed by atoms with Crippen LogP contribution in [-0.2, 0) is 6.54 Å². The molecule has 3 heterocycles. The van der Waals surface area contributed by atoms with Crippen molar-refractivity contribution in [1.29, 1.82) is 0 Å². The first kappa shape index (κ1) is 19.0. The molecule has 5 nitrogen and oxygen atoms in total. The summed E-state index contributed by atoms with van der Waals surface area (Å²) in [6.45, 7) is 1.41. The van der Waals surface area contributed by atoms with Crippen LogP contribution in [-0.4, -0.2) is 40.6 Å². The Labute approximate surface area is 160 Å². The fourth-order valence-electron chi connectivity index (χ4n) is 4.60. The van der Waals surface area contributed by atoms with Crippen LogP contribution in [0.1, 0.15) is 29.6 Å². The molecule has 0 unspecified atom stereocenters. The zero-order chi connectivity index (χ0) is 19.9. The maximum Gasteiger partial charge on any atom is 0.573 e. The number of rotatable bonds is 4. The van der Waals surface area contributed by atoms with Crippen LogP contribution in [0.3, 0.4) is 0 Å². The molecule has 2 aliphatic heterocycles. The van der Waals surface area contributed by atoms with Crippen LogP contribution in [0.4, 0.5) is 13.2 Å². The number of likely N-dealkylation sites (tertiary alicyclic amines) is 1. The van der Waals surface area contributed by atoms with Crippen LogP contribution < -0.4 is 10.3 Å². The highest BCUT2D eigenvalue weighted by atomic mass is 19.4. The molecule has 8 heteroatoms. The van der Waals surface area contributed by atoms with Crippen molar-refractivity contribution in [3.05, 3.63) is 64.1 Å². The van der Waals surface area contributed by atoms with Gasteiger partial charge in [-0.1, -0.05) is 24.3 Å². The monoisotopic (exact) mass is 394 g/mol. The van der Waals surface area contributed by atoms with Crippen molar-refractivity contribution in [1.82, 2.24) is 9.47 Å². The quantitative estimate of drug-likeness (QED) is 0.867. The average Bonchev–Trinajstić information content (AvgIpc) is 2.63. The average molecular weight is 394 g/mol. The zero-order valence-corrected chi connectivity index (χ0v) is 15.1. The van der Waals surface area contributed by atoms with Crippen molar-refractivity contribution in [2.75, 3.05) is 19.7 Å². The number of aromatic nitrogens is 1. The number of hydrogen-bond donors (Lipinski definition) is 1. The summed E-state index contributed by atoms with van der Waals surface area (Å²) in [4.78, 5) is 14.4. The summed E-state index contributed by atoms with van der Waals surface area (Å²) >= 11 is 0. The fourth-order valence-corrected chi connectivity index (χ4v) is 4.60. The van der Waals surface area contributed by atoms with Crippen molar-refractivity contribution < 1.29 is 23.0 Å². The smallest absolute Gasteiger partial charge is 0.405 e. The van der Waals surface area contributed by atoms with Crippen LogP contribution in [0.25, 0.3) is 0 Å². The largest absolute Gasteiger partial charge is 0.573 e. The predicted octanol–water partition coefficient (Wildman–Crippen LogP) is 2.90. The van der Waals surface area contributed by atoms with E-state index in [1.165, 1.54) is 18.2 Å². The van der Waals surface area contributed by atoms with Gasteiger partial charge in [-0.2, -0.15) is 0 Å². The molecule has 1 N–H and O–H groups in total. The summed E-state index contributed by atoms with van der Waals surface area (Å²) in [6, 6.07) is 10.9. The first-order chi connectivity index (χ1) is 13.4. The molecule has 1 saturated heterocycles. The van der Waals surface area contributed by atoms with Crippen LogP contribution in [0, 0.1) is 5.92 Å². The molecule has 0 saturated carbocycles. The third kappa shape index (κ3) is 3.66. The van der Waals surface area contributed by atoms with Gasteiger partial charge in [0.25, 0.3) is 5.56 Å². The van der Waals surface area contributed by atoms with E-state index in [-0.39, 0.29) is 35.8 Å². The van der Waals surface area contributed by atoms with Crippen molar-refractivity contribution in [3.8, 4) is 5.75 Å². The maximum atomic E-state index is 12.7. The summed E-state index contributed by atoms with van der Waals surface area (Å²) < 4.78 is 43.9. The standard InChI is InChI=1S/C20H21F3N2O3/c21-20(22,23)28-18-6-2-1-4-13(18)9-24-10-14-8-15(11-24)17(12-26)25-16(14)5-3-7-19(25)27/h1-7,14-15,17,26H,8-12H2/t14-,15+,17+/m1/s1. The number of benzene rings is 1. The van der Waals surface area contributed by atoms with Gasteiger partial charge in [-0.15, -0.1) is 13.2 Å². The second-order valence-corrected chi connectivity index (χ2v) is 7.45. The molecule has 1 aromatic heterocycles. The molecular weight excluding hydrogens is 373 g/mol. The van der Waals surface area contributed by atoms with Gasteiger partial charge in [0.15, 0.2) is 0 Å². The molecule has 2 bridgehead atoms. The van der Waals surface area contributed by atoms with Crippen LogP contribution >= 0.6 is 0 Å². The SMILES string of the molecule is O=c1cccc2n1[C@@H](CO)[C@H]1C[C@@H]2CN(Cc2ccccc2OC(F)(F)F)C1. The molecule has 150 valence electrons. The first-order valence-electron chi connectivity index (χ1n) is 9.24. The molecule has 2 aromatic rings. The number of halogens is 3. The molecular formula is C20H21F3N2O3. The molecule has 1 aromatic carbocycles. The number of ether oxygens (including phenoxy) is 1. The summed E-state index contributed by atoms with van der Waals surface area (Å²) in [5.74, 6) is -0.0285. The molecule has 0 amide bonds. The van der Waals surface area contributed by atoms with Gasteiger partial charge in [-0.3, -0.25) is 9.69 Å². The number of hydrogen-bond acceptors (Lipinski definition) is 4. The predicted molar refractivity (Wildman–Crippen MR) is 96.1 cm³/mol. The molecule has 4 rings (SSSR count). The van der Waals surface area contributed by atoms with Crippen LogP contribution in [0.5, 0.6) is 5.75 Å². The summed E-state index contributed by atoms with van der Waals surface area (Å²) in [5, 5.41) is 9.90. The van der Waals surface area contributed by atoms with Gasteiger partial charge < -0.3 is 14.4 Å². The Morgan fingerprint density at radius 2 is 1.89 bits per heavy atom. The minimum Gasteiger partial charge on any atom is -0.405 e. The maximum absolute atomic E-state index is 12.7. The van der Waals surface area contributed by atoms with E-state index < -0.39 is 6.36 Å². The second kappa shape index (κ2) is 7.25. The molecule has 2 aliphatic rings. The lowest BCUT2D eigenvalue weighted by Crippen LogP contribution is -2.50. The lowest BCUT2D eigenvalue weighted by molar-refractivity contribution is -0.275. The third-order valence-corrected chi connectivity index (χ3v) is 5.65. The van der Waals surface area contributed by atoms with Crippen molar-refractivity contribution in [3.63, 3.8) is 0 Å². The van der Waals surface area contributed by atoms with Gasteiger partial charge in [0.1, 0.15) is 5.75 Å². The van der Waals surface area contributed by atoms with Gasteiger partial charge >= 0.3 is 6.36 Å².